The minimum absolute atomic E-state index is 0.0518. The number of aliphatic imine (C=N–C) groups is 1. The summed E-state index contributed by atoms with van der Waals surface area (Å²) in [5, 5.41) is 22.2. The third kappa shape index (κ3) is 6.09. The number of hydrazine groups is 1. The highest BCUT2D eigenvalue weighted by Gasteiger charge is 2.40. The quantitative estimate of drug-likeness (QED) is 0.195. The second kappa shape index (κ2) is 12.3. The van der Waals surface area contributed by atoms with E-state index in [0.29, 0.717) is 22.0 Å². The van der Waals surface area contributed by atoms with Gasteiger partial charge in [-0.1, -0.05) is 35.9 Å². The van der Waals surface area contributed by atoms with Crippen LogP contribution in [-0.2, 0) is 4.79 Å². The summed E-state index contributed by atoms with van der Waals surface area (Å²) in [5.41, 5.74) is 10.4. The largest absolute Gasteiger partial charge is 0.497 e. The third-order valence-electron chi connectivity index (χ3n) is 6.91. The Kier molecular flexibility index (Phi) is 8.58. The molecule has 2 aliphatic heterocycles. The summed E-state index contributed by atoms with van der Waals surface area (Å²) < 4.78 is 11.2. The Morgan fingerprint density at radius 3 is 2.65 bits per heavy atom. The van der Waals surface area contributed by atoms with Crippen LogP contribution in [0.15, 0.2) is 71.7 Å². The summed E-state index contributed by atoms with van der Waals surface area (Å²) in [6.07, 6.45) is -0.192. The number of nitrogens with one attached hydrogen (secondary N) is 3. The van der Waals surface area contributed by atoms with Crippen molar-refractivity contribution in [2.75, 3.05) is 25.2 Å². The van der Waals surface area contributed by atoms with Gasteiger partial charge in [0.05, 0.1) is 38.0 Å². The van der Waals surface area contributed by atoms with Gasteiger partial charge in [0.15, 0.2) is 0 Å². The zero-order valence-corrected chi connectivity index (χ0v) is 22.9. The van der Waals surface area contributed by atoms with E-state index < -0.39 is 13.2 Å². The number of carbonyl (C=O) groups excluding carboxylic acids is 1. The topological polar surface area (TPSA) is 128 Å². The summed E-state index contributed by atoms with van der Waals surface area (Å²) in [7, 11) is 0.0558. The van der Waals surface area contributed by atoms with E-state index in [1.54, 1.807) is 31.4 Å². The average Bonchev–Trinajstić information content (AvgIpc) is 3.28. The number of amides is 1. The van der Waals surface area contributed by atoms with Crippen molar-refractivity contribution in [3.8, 4) is 11.5 Å². The molecule has 5 rings (SSSR count). The van der Waals surface area contributed by atoms with Crippen LogP contribution in [0, 0.1) is 0 Å². The number of benzene rings is 3. The van der Waals surface area contributed by atoms with Gasteiger partial charge in [0, 0.05) is 21.8 Å². The van der Waals surface area contributed by atoms with Crippen LogP contribution in [0.25, 0.3) is 0 Å². The third-order valence-corrected chi connectivity index (χ3v) is 7.17. The number of anilines is 1. The Balaban J connectivity index is 1.36. The van der Waals surface area contributed by atoms with Gasteiger partial charge in [-0.05, 0) is 54.9 Å². The molecule has 0 aromatic heterocycles. The Morgan fingerprint density at radius 2 is 1.90 bits per heavy atom. The van der Waals surface area contributed by atoms with Crippen LogP contribution in [0.1, 0.15) is 24.5 Å². The molecule has 1 saturated heterocycles. The van der Waals surface area contributed by atoms with Gasteiger partial charge in [-0.15, -0.1) is 0 Å². The van der Waals surface area contributed by atoms with E-state index >= 15 is 0 Å². The number of rotatable bonds is 9. The number of fused-ring (bicyclic) bond motifs is 3. The van der Waals surface area contributed by atoms with Crippen molar-refractivity contribution >= 4 is 41.5 Å². The van der Waals surface area contributed by atoms with Crippen LogP contribution >= 0.6 is 11.6 Å². The van der Waals surface area contributed by atoms with Crippen molar-refractivity contribution in [1.29, 1.82) is 0 Å². The highest BCUT2D eigenvalue weighted by atomic mass is 35.5. The Morgan fingerprint density at radius 1 is 1.10 bits per heavy atom. The van der Waals surface area contributed by atoms with E-state index in [1.807, 2.05) is 49.4 Å². The molecule has 12 heteroatoms. The number of methoxy groups -OCH3 is 1. The highest BCUT2D eigenvalue weighted by Crippen LogP contribution is 2.36. The fraction of sp³-hybridized carbons (Fsp3) is 0.286. The average molecular weight is 564 g/mol. The lowest BCUT2D eigenvalue weighted by molar-refractivity contribution is -0.121. The van der Waals surface area contributed by atoms with Crippen LogP contribution in [0.5, 0.6) is 11.5 Å². The Labute approximate surface area is 238 Å². The summed E-state index contributed by atoms with van der Waals surface area (Å²) in [4.78, 5) is 20.4. The second-order valence-electron chi connectivity index (χ2n) is 9.60. The molecule has 2 heterocycles. The molecule has 1 amide bonds. The van der Waals surface area contributed by atoms with Crippen LogP contribution < -0.4 is 36.0 Å². The van der Waals surface area contributed by atoms with E-state index in [0.717, 1.165) is 22.5 Å². The first-order valence-corrected chi connectivity index (χ1v) is 13.4. The van der Waals surface area contributed by atoms with Crippen LogP contribution in [0.4, 0.5) is 5.69 Å². The highest BCUT2D eigenvalue weighted by molar-refractivity contribution is 6.58. The minimum Gasteiger partial charge on any atom is -0.497 e. The van der Waals surface area contributed by atoms with Gasteiger partial charge < -0.3 is 29.7 Å². The van der Waals surface area contributed by atoms with Gasteiger partial charge in [-0.3, -0.25) is 9.79 Å². The maximum atomic E-state index is 13.1. The van der Waals surface area contributed by atoms with Gasteiger partial charge in [-0.2, -0.15) is 0 Å². The van der Waals surface area contributed by atoms with Crippen LogP contribution in [0.3, 0.4) is 0 Å². The smallest absolute Gasteiger partial charge is 0.488 e. The zero-order valence-electron chi connectivity index (χ0n) is 22.2. The summed E-state index contributed by atoms with van der Waals surface area (Å²) in [6, 6.07) is 19.5. The lowest BCUT2D eigenvalue weighted by Gasteiger charge is -2.31. The fourth-order valence-electron chi connectivity index (χ4n) is 4.97. The Hall–Kier alpha value is -3.61. The van der Waals surface area contributed by atoms with E-state index in [4.69, 9.17) is 26.1 Å². The molecular formula is C28H31BClN5O5. The van der Waals surface area contributed by atoms with Crippen molar-refractivity contribution in [3.05, 3.63) is 82.9 Å². The van der Waals surface area contributed by atoms with Crippen molar-refractivity contribution in [3.63, 3.8) is 0 Å². The molecular weight excluding hydrogens is 533 g/mol. The van der Waals surface area contributed by atoms with Crippen LogP contribution in [0.2, 0.25) is 5.02 Å². The van der Waals surface area contributed by atoms with E-state index in [2.05, 4.69) is 21.1 Å². The standard InChI is InChI=1S/C28H31BClN5O5/c1-17-33-34-28-24(16-26(36)31-12-13-40-22-5-3-4-19(14-22)29(37)38)32-27(18-6-8-20(30)9-7-18)23-15-21(39-2)10-11-25(23)35(17)28/h3-11,14-15,17,24,28,33-34,37-38H,12-13,16H2,1-2H3,(H,31,36)/t17?,24-,28?/m0/s1. The lowest BCUT2D eigenvalue weighted by atomic mass is 9.80. The second-order valence-corrected chi connectivity index (χ2v) is 10.0. The van der Waals surface area contributed by atoms with E-state index in [9.17, 15) is 14.8 Å². The van der Waals surface area contributed by atoms with E-state index in [1.165, 1.54) is 0 Å². The summed E-state index contributed by atoms with van der Waals surface area (Å²) >= 11 is 6.17. The molecule has 0 bridgehead atoms. The SMILES string of the molecule is COc1ccc2c(c1)C(c1ccc(Cl)cc1)=N[C@@H](CC(=O)NCCOc1cccc(B(O)O)c1)C1NNC(C)N21. The number of ether oxygens (including phenoxy) is 2. The van der Waals surface area contributed by atoms with Gasteiger partial charge in [0.1, 0.15) is 24.3 Å². The van der Waals surface area contributed by atoms with Gasteiger partial charge in [0.2, 0.25) is 5.91 Å². The number of hydrogen-bond acceptors (Lipinski definition) is 9. The molecule has 40 heavy (non-hydrogen) atoms. The Bertz CT molecular complexity index is 1390. The van der Waals surface area contributed by atoms with Crippen LogP contribution in [-0.4, -0.2) is 67.4 Å². The lowest BCUT2D eigenvalue weighted by Crippen LogP contribution is -2.48. The summed E-state index contributed by atoms with van der Waals surface area (Å²) in [6.45, 7) is 2.55. The molecule has 0 spiro atoms. The van der Waals surface area contributed by atoms with Crippen molar-refractivity contribution in [2.24, 2.45) is 4.99 Å². The normalized spacial score (nSPS) is 19.7. The first-order valence-electron chi connectivity index (χ1n) is 13.0. The molecule has 208 valence electrons. The molecule has 1 fully saturated rings. The number of hydrogen-bond donors (Lipinski definition) is 5. The molecule has 0 saturated carbocycles. The molecule has 0 aliphatic carbocycles. The zero-order chi connectivity index (χ0) is 28.2. The van der Waals surface area contributed by atoms with Crippen molar-refractivity contribution in [1.82, 2.24) is 16.2 Å². The molecule has 3 aromatic rings. The maximum absolute atomic E-state index is 13.1. The van der Waals surface area contributed by atoms with Gasteiger partial charge >= 0.3 is 7.12 Å². The number of nitrogens with zero attached hydrogens (tertiary/aromatic N) is 2. The van der Waals surface area contributed by atoms with Crippen molar-refractivity contribution in [2.45, 2.75) is 31.7 Å². The predicted molar refractivity (Wildman–Crippen MR) is 155 cm³/mol. The van der Waals surface area contributed by atoms with Gasteiger partial charge in [0.25, 0.3) is 0 Å². The predicted octanol–water partition coefficient (Wildman–Crippen LogP) is 1.42. The van der Waals surface area contributed by atoms with E-state index in [-0.39, 0.29) is 37.8 Å². The number of halogens is 1. The first kappa shape index (κ1) is 27.9. The maximum Gasteiger partial charge on any atom is 0.488 e. The minimum atomic E-state index is -1.57. The molecule has 5 N–H and O–H groups in total. The summed E-state index contributed by atoms with van der Waals surface area (Å²) in [5.74, 6) is 1.03. The molecule has 3 atom stereocenters. The monoisotopic (exact) mass is 563 g/mol. The molecule has 3 aromatic carbocycles. The molecule has 2 unspecified atom stereocenters. The molecule has 0 radical (unpaired) electrons. The molecule has 10 nitrogen and oxygen atoms in total. The fourth-order valence-corrected chi connectivity index (χ4v) is 5.10. The van der Waals surface area contributed by atoms with Gasteiger partial charge in [-0.25, -0.2) is 10.9 Å². The number of carbonyl (C=O) groups is 1. The first-order chi connectivity index (χ1) is 19.3. The molecule has 2 aliphatic rings. The van der Waals surface area contributed by atoms with Crippen molar-refractivity contribution < 1.29 is 24.3 Å².